The molecule has 2 heterocycles. The smallest absolute Gasteiger partial charge is 0.141 e. The van der Waals surface area contributed by atoms with Gasteiger partial charge in [0.25, 0.3) is 0 Å². The Labute approximate surface area is 89.0 Å². The lowest BCUT2D eigenvalue weighted by molar-refractivity contribution is 0.794. The standard InChI is InChI=1S/C11H14N4/c1-3-4-10-12-5-6-15(10)11-7-9(2)13-8-14-11/h5-8H,3-4H2,1-2H3. The van der Waals surface area contributed by atoms with Crippen LogP contribution >= 0.6 is 0 Å². The van der Waals surface area contributed by atoms with E-state index in [0.29, 0.717) is 0 Å². The number of nitrogens with zero attached hydrogens (tertiary/aromatic N) is 4. The van der Waals surface area contributed by atoms with E-state index in [2.05, 4.69) is 21.9 Å². The normalized spacial score (nSPS) is 10.5. The van der Waals surface area contributed by atoms with Gasteiger partial charge in [-0.1, -0.05) is 6.92 Å². The fourth-order valence-corrected chi connectivity index (χ4v) is 1.52. The van der Waals surface area contributed by atoms with Gasteiger partial charge in [0.1, 0.15) is 18.0 Å². The Morgan fingerprint density at radius 3 is 2.87 bits per heavy atom. The molecule has 0 radical (unpaired) electrons. The van der Waals surface area contributed by atoms with Crippen LogP contribution in [0.2, 0.25) is 0 Å². The van der Waals surface area contributed by atoms with Crippen molar-refractivity contribution in [3.05, 3.63) is 36.3 Å². The highest BCUT2D eigenvalue weighted by molar-refractivity contribution is 5.25. The molecule has 15 heavy (non-hydrogen) atoms. The quantitative estimate of drug-likeness (QED) is 0.763. The van der Waals surface area contributed by atoms with Crippen molar-refractivity contribution in [2.45, 2.75) is 26.7 Å². The van der Waals surface area contributed by atoms with Gasteiger partial charge in [-0.25, -0.2) is 15.0 Å². The van der Waals surface area contributed by atoms with E-state index >= 15 is 0 Å². The molecule has 0 amide bonds. The molecule has 0 atom stereocenters. The van der Waals surface area contributed by atoms with Crippen molar-refractivity contribution in [3.63, 3.8) is 0 Å². The topological polar surface area (TPSA) is 43.6 Å². The van der Waals surface area contributed by atoms with Crippen LogP contribution in [-0.4, -0.2) is 19.5 Å². The van der Waals surface area contributed by atoms with E-state index in [-0.39, 0.29) is 0 Å². The highest BCUT2D eigenvalue weighted by atomic mass is 15.1. The van der Waals surface area contributed by atoms with Gasteiger partial charge in [-0.05, 0) is 13.3 Å². The molecule has 2 aromatic rings. The van der Waals surface area contributed by atoms with E-state index in [0.717, 1.165) is 30.2 Å². The molecule has 0 N–H and O–H groups in total. The van der Waals surface area contributed by atoms with Crippen molar-refractivity contribution in [1.29, 1.82) is 0 Å². The van der Waals surface area contributed by atoms with Crippen LogP contribution in [0.25, 0.3) is 5.82 Å². The van der Waals surface area contributed by atoms with Crippen LogP contribution in [0.5, 0.6) is 0 Å². The molecule has 0 unspecified atom stereocenters. The van der Waals surface area contributed by atoms with Gasteiger partial charge in [-0.15, -0.1) is 0 Å². The summed E-state index contributed by atoms with van der Waals surface area (Å²) in [4.78, 5) is 12.6. The highest BCUT2D eigenvalue weighted by Gasteiger charge is 2.04. The molecule has 0 aliphatic rings. The Balaban J connectivity index is 2.40. The van der Waals surface area contributed by atoms with Gasteiger partial charge in [0.15, 0.2) is 0 Å². The largest absolute Gasteiger partial charge is 0.288 e. The van der Waals surface area contributed by atoms with Crippen molar-refractivity contribution >= 4 is 0 Å². The highest BCUT2D eigenvalue weighted by Crippen LogP contribution is 2.09. The van der Waals surface area contributed by atoms with Crippen molar-refractivity contribution < 1.29 is 0 Å². The molecular weight excluding hydrogens is 188 g/mol. The Morgan fingerprint density at radius 2 is 2.13 bits per heavy atom. The molecular formula is C11H14N4. The van der Waals surface area contributed by atoms with Gasteiger partial charge in [0, 0.05) is 30.6 Å². The maximum atomic E-state index is 4.31. The number of hydrogen-bond acceptors (Lipinski definition) is 3. The van der Waals surface area contributed by atoms with E-state index in [1.54, 1.807) is 6.33 Å². The molecule has 0 saturated heterocycles. The maximum Gasteiger partial charge on any atom is 0.141 e. The van der Waals surface area contributed by atoms with Gasteiger partial charge >= 0.3 is 0 Å². The number of aromatic nitrogens is 4. The van der Waals surface area contributed by atoms with Crippen LogP contribution < -0.4 is 0 Å². The summed E-state index contributed by atoms with van der Waals surface area (Å²) in [5.74, 6) is 1.94. The molecule has 2 aromatic heterocycles. The molecule has 0 spiro atoms. The minimum absolute atomic E-state index is 0.892. The first-order valence-corrected chi connectivity index (χ1v) is 5.12. The molecule has 0 aromatic carbocycles. The summed E-state index contributed by atoms with van der Waals surface area (Å²) in [5, 5.41) is 0. The Bertz CT molecular complexity index is 447. The second-order valence-corrected chi connectivity index (χ2v) is 3.48. The third-order valence-electron chi connectivity index (χ3n) is 2.23. The summed E-state index contributed by atoms with van der Waals surface area (Å²) in [7, 11) is 0. The van der Waals surface area contributed by atoms with E-state index in [4.69, 9.17) is 0 Å². The first-order chi connectivity index (χ1) is 7.31. The molecule has 4 heteroatoms. The molecule has 0 aliphatic heterocycles. The van der Waals surface area contributed by atoms with Gasteiger partial charge in [0.05, 0.1) is 0 Å². The van der Waals surface area contributed by atoms with Crippen molar-refractivity contribution in [3.8, 4) is 5.82 Å². The van der Waals surface area contributed by atoms with Crippen LogP contribution in [0.4, 0.5) is 0 Å². The number of rotatable bonds is 3. The third kappa shape index (κ3) is 2.03. The lowest BCUT2D eigenvalue weighted by Crippen LogP contribution is -2.03. The van der Waals surface area contributed by atoms with E-state index in [1.807, 2.05) is 30.0 Å². The molecule has 78 valence electrons. The zero-order chi connectivity index (χ0) is 10.7. The second kappa shape index (κ2) is 4.21. The SMILES string of the molecule is CCCc1nccn1-c1cc(C)ncn1. The summed E-state index contributed by atoms with van der Waals surface area (Å²) in [6.45, 7) is 4.10. The van der Waals surface area contributed by atoms with Gasteiger partial charge in [0.2, 0.25) is 0 Å². The fourth-order valence-electron chi connectivity index (χ4n) is 1.52. The number of hydrogen-bond donors (Lipinski definition) is 0. The average Bonchev–Trinajstić information content (AvgIpc) is 2.66. The van der Waals surface area contributed by atoms with Crippen molar-refractivity contribution in [1.82, 2.24) is 19.5 Å². The van der Waals surface area contributed by atoms with E-state index in [9.17, 15) is 0 Å². The number of aryl methyl sites for hydroxylation is 2. The molecule has 4 nitrogen and oxygen atoms in total. The molecule has 0 fully saturated rings. The molecule has 0 aliphatic carbocycles. The van der Waals surface area contributed by atoms with Crippen LogP contribution in [0, 0.1) is 6.92 Å². The summed E-state index contributed by atoms with van der Waals surface area (Å²) in [5.41, 5.74) is 0.969. The van der Waals surface area contributed by atoms with Crippen molar-refractivity contribution in [2.75, 3.05) is 0 Å². The maximum absolute atomic E-state index is 4.31. The molecule has 2 rings (SSSR count). The van der Waals surface area contributed by atoms with Crippen LogP contribution in [0.3, 0.4) is 0 Å². The minimum Gasteiger partial charge on any atom is -0.288 e. The van der Waals surface area contributed by atoms with Crippen LogP contribution in [0.1, 0.15) is 24.9 Å². The third-order valence-corrected chi connectivity index (χ3v) is 2.23. The first-order valence-electron chi connectivity index (χ1n) is 5.12. The summed E-state index contributed by atoms with van der Waals surface area (Å²) in [6.07, 6.45) is 7.38. The second-order valence-electron chi connectivity index (χ2n) is 3.48. The average molecular weight is 202 g/mol. The zero-order valence-corrected chi connectivity index (χ0v) is 9.01. The van der Waals surface area contributed by atoms with E-state index < -0.39 is 0 Å². The predicted molar refractivity (Wildman–Crippen MR) is 57.9 cm³/mol. The van der Waals surface area contributed by atoms with Crippen LogP contribution in [-0.2, 0) is 6.42 Å². The van der Waals surface area contributed by atoms with Crippen molar-refractivity contribution in [2.24, 2.45) is 0 Å². The fraction of sp³-hybridized carbons (Fsp3) is 0.364. The predicted octanol–water partition coefficient (Wildman–Crippen LogP) is 1.92. The lowest BCUT2D eigenvalue weighted by atomic mass is 10.3. The zero-order valence-electron chi connectivity index (χ0n) is 9.01. The summed E-state index contributed by atoms with van der Waals surface area (Å²) < 4.78 is 2.01. The summed E-state index contributed by atoms with van der Waals surface area (Å²) in [6, 6.07) is 1.96. The monoisotopic (exact) mass is 202 g/mol. The van der Waals surface area contributed by atoms with Gasteiger partial charge in [-0.3, -0.25) is 4.57 Å². The Hall–Kier alpha value is -1.71. The first kappa shape index (κ1) is 9.83. The Morgan fingerprint density at radius 1 is 1.27 bits per heavy atom. The lowest BCUT2D eigenvalue weighted by Gasteiger charge is -2.05. The minimum atomic E-state index is 0.892. The van der Waals surface area contributed by atoms with Gasteiger partial charge in [-0.2, -0.15) is 0 Å². The van der Waals surface area contributed by atoms with Crippen LogP contribution in [0.15, 0.2) is 24.8 Å². The number of imidazole rings is 1. The Kier molecular flexibility index (Phi) is 2.76. The van der Waals surface area contributed by atoms with E-state index in [1.165, 1.54) is 0 Å². The van der Waals surface area contributed by atoms with Gasteiger partial charge < -0.3 is 0 Å². The molecule has 0 saturated carbocycles. The summed E-state index contributed by atoms with van der Waals surface area (Å²) >= 11 is 0. The molecule has 0 bridgehead atoms.